The Morgan fingerprint density at radius 2 is 1.95 bits per heavy atom. The highest BCUT2D eigenvalue weighted by molar-refractivity contribution is 5.90. The summed E-state index contributed by atoms with van der Waals surface area (Å²) in [6, 6.07) is 3.71. The topological polar surface area (TPSA) is 78.6 Å². The van der Waals surface area contributed by atoms with Gasteiger partial charge >= 0.3 is 11.9 Å². The number of hydrogen-bond acceptors (Lipinski definition) is 5. The summed E-state index contributed by atoms with van der Waals surface area (Å²) in [5, 5.41) is 0. The minimum atomic E-state index is -0.564. The number of unbranched alkanes of at least 4 members (excludes halogenated alkanes) is 2. The van der Waals surface area contributed by atoms with Gasteiger partial charge in [0.1, 0.15) is 5.82 Å². The second kappa shape index (κ2) is 8.94. The van der Waals surface area contributed by atoms with Crippen molar-refractivity contribution in [2.45, 2.75) is 32.6 Å². The van der Waals surface area contributed by atoms with Gasteiger partial charge in [-0.15, -0.1) is 0 Å². The number of hydrogen-bond donors (Lipinski definition) is 1. The fourth-order valence-electron chi connectivity index (χ4n) is 1.70. The number of carbonyl (C=O) groups is 2. The van der Waals surface area contributed by atoms with E-state index in [-0.39, 0.29) is 23.8 Å². The van der Waals surface area contributed by atoms with Crippen molar-refractivity contribution in [2.75, 3.05) is 18.9 Å². The molecule has 6 heteroatoms. The standard InChI is InChI=1S/C15H20FNO4/c1-2-20-14(18)6-4-3-5-9-21-15(19)11-7-8-12(16)13(17)10-11/h7-8,10H,2-6,9,17H2,1H3. The average Bonchev–Trinajstić information content (AvgIpc) is 2.45. The predicted molar refractivity (Wildman–Crippen MR) is 76.2 cm³/mol. The number of nitrogens with two attached hydrogens (primary N) is 1. The van der Waals surface area contributed by atoms with E-state index >= 15 is 0 Å². The first-order valence-electron chi connectivity index (χ1n) is 6.92. The monoisotopic (exact) mass is 297 g/mol. The summed E-state index contributed by atoms with van der Waals surface area (Å²) in [5.41, 5.74) is 5.52. The molecule has 0 aromatic heterocycles. The molecule has 0 heterocycles. The molecule has 2 N–H and O–H groups in total. The zero-order valence-electron chi connectivity index (χ0n) is 12.1. The molecule has 21 heavy (non-hydrogen) atoms. The lowest BCUT2D eigenvalue weighted by Crippen LogP contribution is -2.08. The zero-order chi connectivity index (χ0) is 15.7. The van der Waals surface area contributed by atoms with E-state index in [1.54, 1.807) is 6.92 Å². The highest BCUT2D eigenvalue weighted by Crippen LogP contribution is 2.13. The third-order valence-electron chi connectivity index (χ3n) is 2.80. The molecule has 0 amide bonds. The van der Waals surface area contributed by atoms with E-state index in [0.29, 0.717) is 25.9 Å². The van der Waals surface area contributed by atoms with Crippen LogP contribution < -0.4 is 5.73 Å². The van der Waals surface area contributed by atoms with Crippen molar-refractivity contribution >= 4 is 17.6 Å². The maximum absolute atomic E-state index is 13.0. The number of anilines is 1. The molecule has 0 saturated carbocycles. The number of ether oxygens (including phenoxy) is 2. The average molecular weight is 297 g/mol. The minimum absolute atomic E-state index is 0.0844. The normalized spacial score (nSPS) is 10.2. The van der Waals surface area contributed by atoms with Crippen LogP contribution in [0.25, 0.3) is 0 Å². The van der Waals surface area contributed by atoms with Crippen LogP contribution in [0.4, 0.5) is 10.1 Å². The number of rotatable bonds is 8. The number of benzene rings is 1. The van der Waals surface area contributed by atoms with Crippen LogP contribution in [0.15, 0.2) is 18.2 Å². The SMILES string of the molecule is CCOC(=O)CCCCCOC(=O)c1ccc(F)c(N)c1. The van der Waals surface area contributed by atoms with Gasteiger partial charge in [-0.2, -0.15) is 0 Å². The molecule has 5 nitrogen and oxygen atoms in total. The summed E-state index contributed by atoms with van der Waals surface area (Å²) in [6.07, 6.45) is 2.48. The second-order valence-corrected chi connectivity index (χ2v) is 4.49. The van der Waals surface area contributed by atoms with Gasteiger partial charge in [0, 0.05) is 6.42 Å². The van der Waals surface area contributed by atoms with Crippen molar-refractivity contribution in [2.24, 2.45) is 0 Å². The molecule has 1 aromatic carbocycles. The third kappa shape index (κ3) is 6.25. The largest absolute Gasteiger partial charge is 0.466 e. The Hall–Kier alpha value is -2.11. The van der Waals surface area contributed by atoms with Gasteiger partial charge in [-0.1, -0.05) is 0 Å². The molecule has 0 aliphatic carbocycles. The van der Waals surface area contributed by atoms with Gasteiger partial charge in [0.15, 0.2) is 0 Å². The van der Waals surface area contributed by atoms with Gasteiger partial charge in [-0.05, 0) is 44.4 Å². The van der Waals surface area contributed by atoms with Gasteiger partial charge in [0.2, 0.25) is 0 Å². The molecule has 0 bridgehead atoms. The van der Waals surface area contributed by atoms with Crippen LogP contribution in [0.5, 0.6) is 0 Å². The van der Waals surface area contributed by atoms with Gasteiger partial charge in [0.25, 0.3) is 0 Å². The summed E-state index contributed by atoms with van der Waals surface area (Å²) in [5.74, 6) is -1.31. The maximum atomic E-state index is 13.0. The zero-order valence-corrected chi connectivity index (χ0v) is 12.1. The molecule has 0 aliphatic rings. The lowest BCUT2D eigenvalue weighted by molar-refractivity contribution is -0.143. The van der Waals surface area contributed by atoms with E-state index < -0.39 is 11.8 Å². The molecular formula is C15H20FNO4. The number of halogens is 1. The fourth-order valence-corrected chi connectivity index (χ4v) is 1.70. The van der Waals surface area contributed by atoms with Crippen molar-refractivity contribution in [1.82, 2.24) is 0 Å². The first-order chi connectivity index (χ1) is 10.0. The Kier molecular flexibility index (Phi) is 7.21. The highest BCUT2D eigenvalue weighted by Gasteiger charge is 2.09. The van der Waals surface area contributed by atoms with Crippen molar-refractivity contribution in [1.29, 1.82) is 0 Å². The molecule has 0 saturated heterocycles. The molecule has 0 fully saturated rings. The van der Waals surface area contributed by atoms with Crippen molar-refractivity contribution in [3.63, 3.8) is 0 Å². The molecule has 0 atom stereocenters. The first kappa shape index (κ1) is 16.9. The second-order valence-electron chi connectivity index (χ2n) is 4.49. The van der Waals surface area contributed by atoms with Crippen molar-refractivity contribution in [3.05, 3.63) is 29.6 Å². The molecule has 0 radical (unpaired) electrons. The van der Waals surface area contributed by atoms with E-state index in [9.17, 15) is 14.0 Å². The van der Waals surface area contributed by atoms with E-state index in [2.05, 4.69) is 0 Å². The smallest absolute Gasteiger partial charge is 0.338 e. The fraction of sp³-hybridized carbons (Fsp3) is 0.467. The summed E-state index contributed by atoms with van der Waals surface area (Å²) in [6.45, 7) is 2.40. The quantitative estimate of drug-likeness (QED) is 0.453. The Balaban J connectivity index is 2.19. The van der Waals surface area contributed by atoms with Gasteiger partial charge in [-0.25, -0.2) is 9.18 Å². The lowest BCUT2D eigenvalue weighted by Gasteiger charge is -2.06. The van der Waals surface area contributed by atoms with E-state index in [0.717, 1.165) is 12.5 Å². The Morgan fingerprint density at radius 1 is 1.19 bits per heavy atom. The van der Waals surface area contributed by atoms with Gasteiger partial charge in [0.05, 0.1) is 24.5 Å². The van der Waals surface area contributed by atoms with Crippen LogP contribution in [0.2, 0.25) is 0 Å². The molecule has 0 aliphatic heterocycles. The molecule has 0 spiro atoms. The Morgan fingerprint density at radius 3 is 2.62 bits per heavy atom. The van der Waals surface area contributed by atoms with Gasteiger partial charge in [-0.3, -0.25) is 4.79 Å². The van der Waals surface area contributed by atoms with Crippen LogP contribution in [-0.2, 0) is 14.3 Å². The Bertz CT molecular complexity index is 491. The summed E-state index contributed by atoms with van der Waals surface area (Å²) in [4.78, 5) is 22.7. The number of nitrogen functional groups attached to an aromatic ring is 1. The summed E-state index contributed by atoms with van der Waals surface area (Å²) >= 11 is 0. The van der Waals surface area contributed by atoms with Crippen LogP contribution in [-0.4, -0.2) is 25.2 Å². The van der Waals surface area contributed by atoms with Crippen LogP contribution >= 0.6 is 0 Å². The molecular weight excluding hydrogens is 277 g/mol. The lowest BCUT2D eigenvalue weighted by atomic mass is 10.2. The van der Waals surface area contributed by atoms with Crippen LogP contribution in [0.3, 0.4) is 0 Å². The van der Waals surface area contributed by atoms with Crippen molar-refractivity contribution < 1.29 is 23.5 Å². The Labute approximate surface area is 123 Å². The highest BCUT2D eigenvalue weighted by atomic mass is 19.1. The van der Waals surface area contributed by atoms with E-state index in [1.807, 2.05) is 0 Å². The van der Waals surface area contributed by atoms with Crippen LogP contribution in [0.1, 0.15) is 43.0 Å². The van der Waals surface area contributed by atoms with Crippen molar-refractivity contribution in [3.8, 4) is 0 Å². The maximum Gasteiger partial charge on any atom is 0.338 e. The van der Waals surface area contributed by atoms with E-state index in [1.165, 1.54) is 12.1 Å². The third-order valence-corrected chi connectivity index (χ3v) is 2.80. The molecule has 116 valence electrons. The first-order valence-corrected chi connectivity index (χ1v) is 6.92. The van der Waals surface area contributed by atoms with Gasteiger partial charge < -0.3 is 15.2 Å². The molecule has 1 rings (SSSR count). The number of carbonyl (C=O) groups excluding carboxylic acids is 2. The van der Waals surface area contributed by atoms with Crippen LogP contribution in [0, 0.1) is 5.82 Å². The predicted octanol–water partition coefficient (Wildman–Crippen LogP) is 2.69. The summed E-state index contributed by atoms with van der Waals surface area (Å²) in [7, 11) is 0. The summed E-state index contributed by atoms with van der Waals surface area (Å²) < 4.78 is 22.8. The molecule has 1 aromatic rings. The number of esters is 2. The van der Waals surface area contributed by atoms with E-state index in [4.69, 9.17) is 15.2 Å². The minimum Gasteiger partial charge on any atom is -0.466 e. The molecule has 0 unspecified atom stereocenters.